The first-order valence-electron chi connectivity index (χ1n) is 6.79. The fourth-order valence-electron chi connectivity index (χ4n) is 1.86. The zero-order chi connectivity index (χ0) is 16.0. The molecule has 0 aliphatic carbocycles. The summed E-state index contributed by atoms with van der Waals surface area (Å²) in [6.07, 6.45) is 1.03. The molecule has 5 heteroatoms. The molecule has 0 N–H and O–H groups in total. The van der Waals surface area contributed by atoms with Gasteiger partial charge in [0.1, 0.15) is 6.26 Å². The van der Waals surface area contributed by atoms with Crippen LogP contribution in [-0.4, -0.2) is 20.8 Å². The van der Waals surface area contributed by atoms with Crippen molar-refractivity contribution in [2.45, 2.75) is 11.8 Å². The van der Waals surface area contributed by atoms with E-state index in [9.17, 15) is 13.2 Å². The van der Waals surface area contributed by atoms with E-state index in [-0.39, 0.29) is 16.4 Å². The van der Waals surface area contributed by atoms with Crippen LogP contribution in [0.1, 0.15) is 17.3 Å². The van der Waals surface area contributed by atoms with Gasteiger partial charge in [-0.3, -0.25) is 4.79 Å². The maximum Gasteiger partial charge on any atom is 0.213 e. The minimum absolute atomic E-state index is 0.0604. The van der Waals surface area contributed by atoms with Gasteiger partial charge in [-0.15, -0.1) is 0 Å². The van der Waals surface area contributed by atoms with Crippen molar-refractivity contribution in [1.29, 1.82) is 0 Å². The molecule has 0 saturated heterocycles. The lowest BCUT2D eigenvalue weighted by molar-refractivity contribution is 0.103. The third-order valence-electron chi connectivity index (χ3n) is 2.96. The molecule has 2 aromatic rings. The van der Waals surface area contributed by atoms with E-state index in [1.807, 2.05) is 0 Å². The van der Waals surface area contributed by atoms with Gasteiger partial charge < -0.3 is 4.74 Å². The Balaban J connectivity index is 2.50. The predicted octanol–water partition coefficient (Wildman–Crippen LogP) is 3.22. The Morgan fingerprint density at radius 2 is 1.55 bits per heavy atom. The summed E-state index contributed by atoms with van der Waals surface area (Å²) in [6, 6.07) is 16.1. The molecule has 0 atom stereocenters. The average Bonchev–Trinajstić information content (AvgIpc) is 2.56. The lowest BCUT2D eigenvalue weighted by Gasteiger charge is -2.09. The highest BCUT2D eigenvalue weighted by molar-refractivity contribution is 7.96. The Labute approximate surface area is 130 Å². The number of hydrogen-bond donors (Lipinski definition) is 0. The number of ether oxygens (including phenoxy) is 1. The summed E-state index contributed by atoms with van der Waals surface area (Å²) in [5.74, 6) is -0.585. The molecule has 0 spiro atoms. The highest BCUT2D eigenvalue weighted by Gasteiger charge is 2.28. The lowest BCUT2D eigenvalue weighted by atomic mass is 10.1. The summed E-state index contributed by atoms with van der Waals surface area (Å²) in [5, 5.41) is 0. The van der Waals surface area contributed by atoms with Gasteiger partial charge >= 0.3 is 0 Å². The standard InChI is InChI=1S/C17H16O4S/c1-2-21-13-16(17(18)14-9-5-3-6-10-14)22(19,20)15-11-7-4-8-12-15/h3-13H,2H2,1H3/b16-13-. The van der Waals surface area contributed by atoms with Crippen LogP contribution in [0.2, 0.25) is 0 Å². The van der Waals surface area contributed by atoms with Gasteiger partial charge in [0.05, 0.1) is 11.5 Å². The van der Waals surface area contributed by atoms with Gasteiger partial charge in [0.15, 0.2) is 4.91 Å². The summed E-state index contributed by atoms with van der Waals surface area (Å²) in [7, 11) is -3.93. The fourth-order valence-corrected chi connectivity index (χ4v) is 3.18. The van der Waals surface area contributed by atoms with E-state index < -0.39 is 15.6 Å². The Morgan fingerprint density at radius 1 is 1.00 bits per heavy atom. The molecule has 0 fully saturated rings. The van der Waals surface area contributed by atoms with Crippen molar-refractivity contribution < 1.29 is 17.9 Å². The number of carbonyl (C=O) groups excluding carboxylic acids is 1. The maximum absolute atomic E-state index is 12.7. The van der Waals surface area contributed by atoms with E-state index in [2.05, 4.69) is 0 Å². The van der Waals surface area contributed by atoms with Crippen molar-refractivity contribution in [3.8, 4) is 0 Å². The van der Waals surface area contributed by atoms with Crippen molar-refractivity contribution in [2.24, 2.45) is 0 Å². The van der Waals surface area contributed by atoms with E-state index in [1.54, 1.807) is 55.5 Å². The van der Waals surface area contributed by atoms with Crippen LogP contribution in [0.3, 0.4) is 0 Å². The van der Waals surface area contributed by atoms with Crippen molar-refractivity contribution in [3.05, 3.63) is 77.4 Å². The van der Waals surface area contributed by atoms with Gasteiger partial charge in [0, 0.05) is 5.56 Å². The van der Waals surface area contributed by atoms with E-state index in [0.29, 0.717) is 5.56 Å². The van der Waals surface area contributed by atoms with Crippen LogP contribution in [0.5, 0.6) is 0 Å². The molecule has 22 heavy (non-hydrogen) atoms. The minimum Gasteiger partial charge on any atom is -0.500 e. The Bertz CT molecular complexity index is 763. The predicted molar refractivity (Wildman–Crippen MR) is 84.1 cm³/mol. The van der Waals surface area contributed by atoms with Crippen molar-refractivity contribution in [2.75, 3.05) is 6.61 Å². The molecule has 0 radical (unpaired) electrons. The highest BCUT2D eigenvalue weighted by Crippen LogP contribution is 2.22. The van der Waals surface area contributed by atoms with Crippen molar-refractivity contribution in [1.82, 2.24) is 0 Å². The summed E-state index contributed by atoms with van der Waals surface area (Å²) in [6.45, 7) is 1.99. The van der Waals surface area contributed by atoms with Gasteiger partial charge in [-0.2, -0.15) is 0 Å². The van der Waals surface area contributed by atoms with Crippen LogP contribution in [0, 0.1) is 0 Å². The van der Waals surface area contributed by atoms with Crippen molar-refractivity contribution >= 4 is 15.6 Å². The topological polar surface area (TPSA) is 60.4 Å². The van der Waals surface area contributed by atoms with E-state index >= 15 is 0 Å². The summed E-state index contributed by atoms with van der Waals surface area (Å²) >= 11 is 0. The van der Waals surface area contributed by atoms with Crippen LogP contribution < -0.4 is 0 Å². The van der Waals surface area contributed by atoms with Gasteiger partial charge in [-0.05, 0) is 19.1 Å². The Kier molecular flexibility index (Phi) is 5.12. The molecule has 0 aromatic heterocycles. The third kappa shape index (κ3) is 3.43. The SMILES string of the molecule is CCO/C=C(/C(=O)c1ccccc1)S(=O)(=O)c1ccccc1. The van der Waals surface area contributed by atoms with Crippen LogP contribution in [-0.2, 0) is 14.6 Å². The number of rotatable bonds is 6. The molecule has 114 valence electrons. The van der Waals surface area contributed by atoms with Crippen LogP contribution >= 0.6 is 0 Å². The second-order valence-electron chi connectivity index (χ2n) is 4.45. The number of sulfone groups is 1. The van der Waals surface area contributed by atoms with E-state index in [0.717, 1.165) is 6.26 Å². The Morgan fingerprint density at radius 3 is 2.09 bits per heavy atom. The average molecular weight is 316 g/mol. The zero-order valence-electron chi connectivity index (χ0n) is 12.1. The number of hydrogen-bond acceptors (Lipinski definition) is 4. The summed E-state index contributed by atoms with van der Waals surface area (Å²) in [5.41, 5.74) is 0.299. The third-order valence-corrected chi connectivity index (χ3v) is 4.71. The summed E-state index contributed by atoms with van der Waals surface area (Å²) in [4.78, 5) is 12.2. The molecule has 2 rings (SSSR count). The fraction of sp³-hybridized carbons (Fsp3) is 0.118. The monoisotopic (exact) mass is 316 g/mol. The van der Waals surface area contributed by atoms with Crippen LogP contribution in [0.15, 0.2) is 76.7 Å². The molecular formula is C17H16O4S. The first-order valence-corrected chi connectivity index (χ1v) is 8.27. The first kappa shape index (κ1) is 16.0. The highest BCUT2D eigenvalue weighted by atomic mass is 32.2. The number of allylic oxidation sites excluding steroid dienone is 1. The number of carbonyl (C=O) groups is 1. The van der Waals surface area contributed by atoms with Gasteiger partial charge in [-0.1, -0.05) is 48.5 Å². The molecule has 0 heterocycles. The normalized spacial score (nSPS) is 12.0. The number of Topliss-reactive ketones (excluding diaryl/α,β-unsaturated/α-hetero) is 1. The number of benzene rings is 2. The number of ketones is 1. The zero-order valence-corrected chi connectivity index (χ0v) is 12.9. The minimum atomic E-state index is -3.93. The molecule has 0 saturated carbocycles. The van der Waals surface area contributed by atoms with Crippen LogP contribution in [0.25, 0.3) is 0 Å². The van der Waals surface area contributed by atoms with Crippen molar-refractivity contribution in [3.63, 3.8) is 0 Å². The molecule has 0 unspecified atom stereocenters. The van der Waals surface area contributed by atoms with Gasteiger partial charge in [-0.25, -0.2) is 8.42 Å². The summed E-state index contributed by atoms with van der Waals surface area (Å²) < 4.78 is 30.5. The maximum atomic E-state index is 12.7. The molecule has 4 nitrogen and oxygen atoms in total. The van der Waals surface area contributed by atoms with E-state index in [1.165, 1.54) is 12.1 Å². The largest absolute Gasteiger partial charge is 0.500 e. The first-order chi connectivity index (χ1) is 10.6. The molecule has 0 aliphatic heterocycles. The van der Waals surface area contributed by atoms with Gasteiger partial charge in [0.2, 0.25) is 15.6 Å². The van der Waals surface area contributed by atoms with E-state index in [4.69, 9.17) is 4.74 Å². The molecule has 0 bridgehead atoms. The van der Waals surface area contributed by atoms with Crippen LogP contribution in [0.4, 0.5) is 0 Å². The smallest absolute Gasteiger partial charge is 0.213 e. The second-order valence-corrected chi connectivity index (χ2v) is 6.37. The molecule has 0 aliphatic rings. The second kappa shape index (κ2) is 7.04. The van der Waals surface area contributed by atoms with Gasteiger partial charge in [0.25, 0.3) is 0 Å². The molecule has 0 amide bonds. The Hall–Kier alpha value is -2.40. The quantitative estimate of drug-likeness (QED) is 0.466. The lowest BCUT2D eigenvalue weighted by Crippen LogP contribution is -2.15. The molecular weight excluding hydrogens is 300 g/mol. The molecule has 2 aromatic carbocycles.